The fraction of sp³-hybridized carbons (Fsp3) is 0.214. The molecule has 12 heteroatoms. The summed E-state index contributed by atoms with van der Waals surface area (Å²) in [5.41, 5.74) is 5.49. The van der Waals surface area contributed by atoms with E-state index in [0.717, 1.165) is 16.2 Å². The zero-order valence-electron chi connectivity index (χ0n) is 13.1. The number of hydrogen-bond acceptors (Lipinski definition) is 9. The van der Waals surface area contributed by atoms with Gasteiger partial charge in [0.2, 0.25) is 0 Å². The van der Waals surface area contributed by atoms with Crippen molar-refractivity contribution in [1.29, 1.82) is 0 Å². The number of nitrogens with zero attached hydrogens (tertiary/aromatic N) is 3. The van der Waals surface area contributed by atoms with Crippen molar-refractivity contribution >= 4 is 51.7 Å². The molecular formula is C14H13N5O5S2. The predicted octanol–water partition coefficient (Wildman–Crippen LogP) is -0.172. The Morgan fingerprint density at radius 1 is 1.54 bits per heavy atom. The highest BCUT2D eigenvalue weighted by atomic mass is 32.2. The number of β-lactam (4-membered cyclic amide) rings is 1. The van der Waals surface area contributed by atoms with E-state index in [1.165, 1.54) is 23.2 Å². The van der Waals surface area contributed by atoms with E-state index in [1.807, 2.05) is 0 Å². The molecule has 136 valence electrons. The van der Waals surface area contributed by atoms with E-state index >= 15 is 0 Å². The predicted molar refractivity (Wildman–Crippen MR) is 94.7 cm³/mol. The SMILES string of the molecule is C=CC1=C(C(=O)O)N2C(=O)C(NC(=O)C(=NO)c3csc(N)n3)[C@@H]2SC1. The van der Waals surface area contributed by atoms with E-state index in [4.69, 9.17) is 10.9 Å². The minimum absolute atomic E-state index is 0.0764. The molecule has 0 aromatic carbocycles. The van der Waals surface area contributed by atoms with Crippen molar-refractivity contribution in [3.05, 3.63) is 35.0 Å². The van der Waals surface area contributed by atoms with Crippen LogP contribution in [-0.4, -0.2) is 60.9 Å². The lowest BCUT2D eigenvalue weighted by Gasteiger charge is -2.49. The molecule has 5 N–H and O–H groups in total. The highest BCUT2D eigenvalue weighted by Crippen LogP contribution is 2.40. The van der Waals surface area contributed by atoms with Crippen LogP contribution in [-0.2, 0) is 14.4 Å². The first kappa shape index (κ1) is 17.9. The molecule has 1 saturated heterocycles. The Morgan fingerprint density at radius 3 is 2.81 bits per heavy atom. The third-order valence-electron chi connectivity index (χ3n) is 3.81. The van der Waals surface area contributed by atoms with E-state index in [9.17, 15) is 19.5 Å². The first-order chi connectivity index (χ1) is 12.4. The van der Waals surface area contributed by atoms with Crippen LogP contribution in [0.4, 0.5) is 5.13 Å². The Balaban J connectivity index is 1.78. The van der Waals surface area contributed by atoms with Crippen molar-refractivity contribution in [2.45, 2.75) is 11.4 Å². The number of aromatic nitrogens is 1. The van der Waals surface area contributed by atoms with Crippen molar-refractivity contribution < 1.29 is 24.7 Å². The number of carboxylic acid groups (broad SMARTS) is 1. The number of hydrogen-bond donors (Lipinski definition) is 4. The van der Waals surface area contributed by atoms with Gasteiger partial charge in [0.1, 0.15) is 22.8 Å². The number of thiazole rings is 1. The third-order valence-corrected chi connectivity index (χ3v) is 5.79. The Morgan fingerprint density at radius 2 is 2.27 bits per heavy atom. The molecular weight excluding hydrogens is 382 g/mol. The number of rotatable bonds is 5. The average molecular weight is 395 g/mol. The summed E-state index contributed by atoms with van der Waals surface area (Å²) in [5.74, 6) is -2.27. The molecule has 2 aliphatic rings. The van der Waals surface area contributed by atoms with Crippen LogP contribution in [0.3, 0.4) is 0 Å². The summed E-state index contributed by atoms with van der Waals surface area (Å²) < 4.78 is 0. The number of aliphatic carboxylic acids is 1. The second-order valence-corrected chi connectivity index (χ2v) is 7.26. The minimum atomic E-state index is -1.24. The summed E-state index contributed by atoms with van der Waals surface area (Å²) in [4.78, 5) is 41.2. The number of carbonyl (C=O) groups is 3. The number of thioether (sulfide) groups is 1. The third kappa shape index (κ3) is 2.82. The second kappa shape index (κ2) is 6.80. The fourth-order valence-corrected chi connectivity index (χ4v) is 4.51. The van der Waals surface area contributed by atoms with Gasteiger partial charge in [-0.15, -0.1) is 23.1 Å². The molecule has 1 aromatic heterocycles. The van der Waals surface area contributed by atoms with Crippen molar-refractivity contribution in [2.75, 3.05) is 11.5 Å². The molecule has 3 rings (SSSR count). The van der Waals surface area contributed by atoms with Crippen LogP contribution in [0.2, 0.25) is 0 Å². The van der Waals surface area contributed by atoms with Gasteiger partial charge in [-0.3, -0.25) is 14.5 Å². The van der Waals surface area contributed by atoms with Crippen molar-refractivity contribution in [3.63, 3.8) is 0 Å². The van der Waals surface area contributed by atoms with E-state index in [0.29, 0.717) is 11.3 Å². The summed E-state index contributed by atoms with van der Waals surface area (Å²) in [6, 6.07) is -0.944. The number of carbonyl (C=O) groups excluding carboxylic acids is 2. The quantitative estimate of drug-likeness (QED) is 0.231. The van der Waals surface area contributed by atoms with Crippen LogP contribution in [0.5, 0.6) is 0 Å². The van der Waals surface area contributed by atoms with Gasteiger partial charge in [0.15, 0.2) is 10.8 Å². The number of fused-ring (bicyclic) bond motifs is 1. The summed E-state index contributed by atoms with van der Waals surface area (Å²) in [7, 11) is 0. The van der Waals surface area contributed by atoms with Gasteiger partial charge in [-0.25, -0.2) is 9.78 Å². The van der Waals surface area contributed by atoms with E-state index in [-0.39, 0.29) is 22.2 Å². The highest BCUT2D eigenvalue weighted by Gasteiger charge is 2.54. The maximum Gasteiger partial charge on any atom is 0.352 e. The summed E-state index contributed by atoms with van der Waals surface area (Å²) in [6.45, 7) is 3.56. The largest absolute Gasteiger partial charge is 0.477 e. The van der Waals surface area contributed by atoms with Gasteiger partial charge < -0.3 is 21.4 Å². The Bertz CT molecular complexity index is 877. The summed E-state index contributed by atoms with van der Waals surface area (Å²) >= 11 is 2.37. The summed E-state index contributed by atoms with van der Waals surface area (Å²) in [6.07, 6.45) is 1.40. The van der Waals surface area contributed by atoms with Gasteiger partial charge >= 0.3 is 5.97 Å². The smallest absolute Gasteiger partial charge is 0.352 e. The number of amides is 2. The Labute approximate surface area is 155 Å². The Hall–Kier alpha value is -2.86. The first-order valence-corrected chi connectivity index (χ1v) is 9.09. The molecule has 1 aromatic rings. The molecule has 10 nitrogen and oxygen atoms in total. The Kier molecular flexibility index (Phi) is 4.70. The number of nitrogen functional groups attached to an aromatic ring is 1. The maximum absolute atomic E-state index is 12.4. The van der Waals surface area contributed by atoms with Gasteiger partial charge in [0, 0.05) is 11.1 Å². The number of oxime groups is 1. The van der Waals surface area contributed by atoms with Gasteiger partial charge in [-0.1, -0.05) is 17.8 Å². The van der Waals surface area contributed by atoms with E-state index < -0.39 is 29.2 Å². The average Bonchev–Trinajstić information content (AvgIpc) is 3.04. The van der Waals surface area contributed by atoms with Crippen LogP contribution in [0.25, 0.3) is 0 Å². The maximum atomic E-state index is 12.4. The topological polar surface area (TPSA) is 158 Å². The zero-order chi connectivity index (χ0) is 19.0. The van der Waals surface area contributed by atoms with Crippen LogP contribution >= 0.6 is 23.1 Å². The number of carboxylic acids is 1. The number of nitrogens with one attached hydrogen (secondary N) is 1. The molecule has 2 atom stereocenters. The number of nitrogens with two attached hydrogens (primary N) is 1. The van der Waals surface area contributed by atoms with Crippen LogP contribution in [0.1, 0.15) is 5.69 Å². The first-order valence-electron chi connectivity index (χ1n) is 7.16. The van der Waals surface area contributed by atoms with Crippen LogP contribution in [0.15, 0.2) is 34.5 Å². The molecule has 3 heterocycles. The van der Waals surface area contributed by atoms with Crippen molar-refractivity contribution in [3.8, 4) is 0 Å². The molecule has 0 bridgehead atoms. The molecule has 0 radical (unpaired) electrons. The molecule has 0 aliphatic carbocycles. The van der Waals surface area contributed by atoms with Crippen molar-refractivity contribution in [2.24, 2.45) is 5.16 Å². The molecule has 2 amide bonds. The number of allylic oxidation sites excluding steroid dienone is 1. The molecule has 1 unspecified atom stereocenters. The monoisotopic (exact) mass is 395 g/mol. The lowest BCUT2D eigenvalue weighted by atomic mass is 10.0. The lowest BCUT2D eigenvalue weighted by Crippen LogP contribution is -2.71. The highest BCUT2D eigenvalue weighted by molar-refractivity contribution is 8.00. The van der Waals surface area contributed by atoms with Crippen LogP contribution < -0.4 is 11.1 Å². The second-order valence-electron chi connectivity index (χ2n) is 5.26. The molecule has 0 spiro atoms. The lowest BCUT2D eigenvalue weighted by molar-refractivity contribution is -0.150. The fourth-order valence-electron chi connectivity index (χ4n) is 2.62. The summed E-state index contributed by atoms with van der Waals surface area (Å²) in [5, 5.41) is 24.9. The molecule has 1 fully saturated rings. The van der Waals surface area contributed by atoms with Gasteiger partial charge in [-0.05, 0) is 5.57 Å². The van der Waals surface area contributed by atoms with Gasteiger partial charge in [-0.2, -0.15) is 0 Å². The normalized spacial score (nSPS) is 22.5. The standard InChI is InChI=1S/C14H13N5O5S2/c1-2-5-3-25-12-8(11(21)19(12)9(5)13(22)23)17-10(20)7(18-24)6-4-26-14(15)16-6/h2,4,8,12,24H,1,3H2,(H2,15,16)(H,17,20)(H,22,23)/t8?,12-/m0/s1. The van der Waals surface area contributed by atoms with E-state index in [1.54, 1.807) is 0 Å². The molecule has 26 heavy (non-hydrogen) atoms. The van der Waals surface area contributed by atoms with Crippen molar-refractivity contribution in [1.82, 2.24) is 15.2 Å². The van der Waals surface area contributed by atoms with Gasteiger partial charge in [0.25, 0.3) is 11.8 Å². The molecule has 0 saturated carbocycles. The minimum Gasteiger partial charge on any atom is -0.477 e. The molecule has 2 aliphatic heterocycles. The van der Waals surface area contributed by atoms with Crippen LogP contribution in [0, 0.1) is 0 Å². The number of anilines is 1. The van der Waals surface area contributed by atoms with Gasteiger partial charge in [0.05, 0.1) is 0 Å². The zero-order valence-corrected chi connectivity index (χ0v) is 14.7. The van der Waals surface area contributed by atoms with E-state index in [2.05, 4.69) is 22.0 Å².